The Bertz CT molecular complexity index is 399. The van der Waals surface area contributed by atoms with Crippen LogP contribution in [0.2, 0.25) is 0 Å². The fourth-order valence-electron chi connectivity index (χ4n) is 2.21. The molecule has 94 valence electrons. The number of hydrogen-bond acceptors (Lipinski definition) is 3. The molecule has 0 amide bonds. The van der Waals surface area contributed by atoms with Crippen molar-refractivity contribution >= 4 is 0 Å². The lowest BCUT2D eigenvalue weighted by Crippen LogP contribution is -2.26. The Kier molecular flexibility index (Phi) is 3.29. The summed E-state index contributed by atoms with van der Waals surface area (Å²) in [6, 6.07) is 4.88. The summed E-state index contributed by atoms with van der Waals surface area (Å²) < 4.78 is 0. The summed E-state index contributed by atoms with van der Waals surface area (Å²) >= 11 is 0. The summed E-state index contributed by atoms with van der Waals surface area (Å²) in [5.74, 6) is 0.261. The van der Waals surface area contributed by atoms with E-state index in [1.54, 1.807) is 12.1 Å². The Labute approximate surface area is 102 Å². The topological polar surface area (TPSA) is 52.5 Å². The lowest BCUT2D eigenvalue weighted by atomic mass is 10.0. The van der Waals surface area contributed by atoms with Gasteiger partial charge < -0.3 is 15.5 Å². The summed E-state index contributed by atoms with van der Waals surface area (Å²) in [5.41, 5.74) is 1.34. The lowest BCUT2D eigenvalue weighted by molar-refractivity contribution is 0.400. The lowest BCUT2D eigenvalue weighted by Gasteiger charge is -2.20. The van der Waals surface area contributed by atoms with Crippen molar-refractivity contribution in [2.24, 2.45) is 5.41 Å². The zero-order valence-corrected chi connectivity index (χ0v) is 10.5. The second-order valence-corrected chi connectivity index (χ2v) is 5.20. The first-order valence-corrected chi connectivity index (χ1v) is 6.31. The second-order valence-electron chi connectivity index (χ2n) is 5.20. The molecule has 3 N–H and O–H groups in total. The van der Waals surface area contributed by atoms with Crippen LogP contribution in [0.3, 0.4) is 0 Å². The minimum Gasteiger partial charge on any atom is -0.508 e. The third kappa shape index (κ3) is 2.72. The standard InChI is InChI=1S/C14H21NO2/c1-3-14(6-7-14)9-15-10(2)12-5-4-11(16)8-13(12)17/h4-5,8,10,15-17H,3,6-7,9H2,1-2H3. The predicted molar refractivity (Wildman–Crippen MR) is 68.1 cm³/mol. The van der Waals surface area contributed by atoms with Gasteiger partial charge in [0.15, 0.2) is 0 Å². The van der Waals surface area contributed by atoms with Gasteiger partial charge in [-0.1, -0.05) is 13.0 Å². The summed E-state index contributed by atoms with van der Waals surface area (Å²) in [7, 11) is 0. The molecule has 0 saturated heterocycles. The molecule has 1 unspecified atom stereocenters. The molecule has 0 heterocycles. The SMILES string of the molecule is CCC1(CNC(C)c2ccc(O)cc2O)CC1. The molecular weight excluding hydrogens is 214 g/mol. The van der Waals surface area contributed by atoms with Crippen LogP contribution in [0.5, 0.6) is 11.5 Å². The Morgan fingerprint density at radius 3 is 2.59 bits per heavy atom. The molecule has 17 heavy (non-hydrogen) atoms. The van der Waals surface area contributed by atoms with E-state index in [2.05, 4.69) is 12.2 Å². The highest BCUT2D eigenvalue weighted by Gasteiger charge is 2.40. The molecule has 1 fully saturated rings. The molecule has 1 aromatic rings. The first kappa shape index (κ1) is 12.2. The van der Waals surface area contributed by atoms with Crippen LogP contribution >= 0.6 is 0 Å². The molecule has 0 aromatic heterocycles. The highest BCUT2D eigenvalue weighted by atomic mass is 16.3. The molecule has 3 nitrogen and oxygen atoms in total. The largest absolute Gasteiger partial charge is 0.508 e. The maximum absolute atomic E-state index is 9.76. The van der Waals surface area contributed by atoms with Crippen LogP contribution in [0, 0.1) is 5.41 Å². The first-order valence-electron chi connectivity index (χ1n) is 6.31. The molecule has 0 bridgehead atoms. The summed E-state index contributed by atoms with van der Waals surface area (Å²) in [6.45, 7) is 5.28. The Hall–Kier alpha value is -1.22. The molecule has 1 saturated carbocycles. The molecule has 0 aliphatic heterocycles. The molecule has 1 aliphatic rings. The van der Waals surface area contributed by atoms with Crippen LogP contribution in [0.4, 0.5) is 0 Å². The minimum absolute atomic E-state index is 0.102. The van der Waals surface area contributed by atoms with Gasteiger partial charge in [0.25, 0.3) is 0 Å². The fourth-order valence-corrected chi connectivity index (χ4v) is 2.21. The second kappa shape index (κ2) is 4.57. The summed E-state index contributed by atoms with van der Waals surface area (Å²) in [5, 5.41) is 22.5. The number of benzene rings is 1. The van der Waals surface area contributed by atoms with Crippen LogP contribution < -0.4 is 5.32 Å². The molecule has 1 aromatic carbocycles. The van der Waals surface area contributed by atoms with Gasteiger partial charge >= 0.3 is 0 Å². The Balaban J connectivity index is 1.97. The van der Waals surface area contributed by atoms with Crippen molar-refractivity contribution in [2.45, 2.75) is 39.2 Å². The summed E-state index contributed by atoms with van der Waals surface area (Å²) in [6.07, 6.45) is 3.84. The molecule has 1 aliphatic carbocycles. The third-order valence-corrected chi connectivity index (χ3v) is 3.97. The Morgan fingerprint density at radius 1 is 1.35 bits per heavy atom. The van der Waals surface area contributed by atoms with Crippen molar-refractivity contribution in [3.05, 3.63) is 23.8 Å². The van der Waals surface area contributed by atoms with Gasteiger partial charge in [-0.15, -0.1) is 0 Å². The fraction of sp³-hybridized carbons (Fsp3) is 0.571. The maximum Gasteiger partial charge on any atom is 0.124 e. The average molecular weight is 235 g/mol. The van der Waals surface area contributed by atoms with Crippen LogP contribution in [0.15, 0.2) is 18.2 Å². The summed E-state index contributed by atoms with van der Waals surface area (Å²) in [4.78, 5) is 0. The molecule has 2 rings (SSSR count). The van der Waals surface area contributed by atoms with Crippen molar-refractivity contribution in [1.29, 1.82) is 0 Å². The van der Waals surface area contributed by atoms with Crippen LogP contribution in [0.1, 0.15) is 44.7 Å². The minimum atomic E-state index is 0.102. The Morgan fingerprint density at radius 2 is 2.06 bits per heavy atom. The number of hydrogen-bond donors (Lipinski definition) is 3. The van der Waals surface area contributed by atoms with E-state index in [-0.39, 0.29) is 17.5 Å². The average Bonchev–Trinajstić information content (AvgIpc) is 3.07. The maximum atomic E-state index is 9.76. The van der Waals surface area contributed by atoms with Gasteiger partial charge in [0, 0.05) is 24.2 Å². The van der Waals surface area contributed by atoms with E-state index in [1.165, 1.54) is 25.3 Å². The van der Waals surface area contributed by atoms with E-state index in [9.17, 15) is 10.2 Å². The van der Waals surface area contributed by atoms with Gasteiger partial charge in [-0.2, -0.15) is 0 Å². The highest BCUT2D eigenvalue weighted by Crippen LogP contribution is 2.48. The van der Waals surface area contributed by atoms with Crippen LogP contribution in [-0.4, -0.2) is 16.8 Å². The van der Waals surface area contributed by atoms with Gasteiger partial charge in [-0.3, -0.25) is 0 Å². The van der Waals surface area contributed by atoms with E-state index in [4.69, 9.17) is 0 Å². The number of phenols is 2. The normalized spacial score (nSPS) is 18.9. The van der Waals surface area contributed by atoms with E-state index in [0.717, 1.165) is 12.1 Å². The van der Waals surface area contributed by atoms with Crippen molar-refractivity contribution in [3.63, 3.8) is 0 Å². The predicted octanol–water partition coefficient (Wildman–Crippen LogP) is 2.94. The quantitative estimate of drug-likeness (QED) is 0.735. The van der Waals surface area contributed by atoms with Crippen molar-refractivity contribution < 1.29 is 10.2 Å². The van der Waals surface area contributed by atoms with Gasteiger partial charge in [-0.25, -0.2) is 0 Å². The smallest absolute Gasteiger partial charge is 0.124 e. The van der Waals surface area contributed by atoms with Gasteiger partial charge in [-0.05, 0) is 37.7 Å². The number of rotatable bonds is 5. The molecule has 0 radical (unpaired) electrons. The highest BCUT2D eigenvalue weighted by molar-refractivity contribution is 5.40. The monoisotopic (exact) mass is 235 g/mol. The number of phenolic OH excluding ortho intramolecular Hbond substituents is 2. The molecule has 3 heteroatoms. The number of nitrogens with one attached hydrogen (secondary N) is 1. The van der Waals surface area contributed by atoms with Gasteiger partial charge in [0.05, 0.1) is 0 Å². The van der Waals surface area contributed by atoms with Crippen molar-refractivity contribution in [3.8, 4) is 11.5 Å². The van der Waals surface area contributed by atoms with Crippen LogP contribution in [0.25, 0.3) is 0 Å². The molecule has 0 spiro atoms. The van der Waals surface area contributed by atoms with E-state index in [1.807, 2.05) is 6.92 Å². The van der Waals surface area contributed by atoms with Crippen LogP contribution in [-0.2, 0) is 0 Å². The molecule has 1 atom stereocenters. The van der Waals surface area contributed by atoms with E-state index >= 15 is 0 Å². The van der Waals surface area contributed by atoms with E-state index in [0.29, 0.717) is 5.41 Å². The van der Waals surface area contributed by atoms with E-state index < -0.39 is 0 Å². The zero-order chi connectivity index (χ0) is 12.5. The van der Waals surface area contributed by atoms with Gasteiger partial charge in [0.2, 0.25) is 0 Å². The van der Waals surface area contributed by atoms with Gasteiger partial charge in [0.1, 0.15) is 11.5 Å². The third-order valence-electron chi connectivity index (χ3n) is 3.97. The number of aromatic hydroxyl groups is 2. The van der Waals surface area contributed by atoms with Crippen molar-refractivity contribution in [2.75, 3.05) is 6.54 Å². The molecular formula is C14H21NO2. The van der Waals surface area contributed by atoms with Crippen molar-refractivity contribution in [1.82, 2.24) is 5.32 Å². The zero-order valence-electron chi connectivity index (χ0n) is 10.5. The first-order chi connectivity index (χ1) is 8.06.